The molecule has 0 spiro atoms. The molecule has 2 aromatic rings. The molecule has 0 heterocycles. The predicted molar refractivity (Wildman–Crippen MR) is 116 cm³/mol. The fourth-order valence-electron chi connectivity index (χ4n) is 4.04. The van der Waals surface area contributed by atoms with Crippen LogP contribution in [-0.2, 0) is 9.53 Å². The van der Waals surface area contributed by atoms with Gasteiger partial charge in [-0.15, -0.1) is 0 Å². The number of carbonyl (C=O) groups is 3. The van der Waals surface area contributed by atoms with Gasteiger partial charge in [-0.1, -0.05) is 67.3 Å². The van der Waals surface area contributed by atoms with Crippen LogP contribution >= 0.6 is 0 Å². The average molecular weight is 408 g/mol. The van der Waals surface area contributed by atoms with Crippen LogP contribution in [0.15, 0.2) is 48.5 Å². The molecule has 0 radical (unpaired) electrons. The number of benzene rings is 2. The topological polar surface area (TPSA) is 63.7 Å². The number of ketones is 1. The predicted octanol–water partition coefficient (Wildman–Crippen LogP) is 4.56. The Balaban J connectivity index is 1.69. The molecule has 0 N–H and O–H groups in total. The molecule has 0 bridgehead atoms. The molecular formula is C25H29NO4. The van der Waals surface area contributed by atoms with Gasteiger partial charge in [-0.2, -0.15) is 0 Å². The summed E-state index contributed by atoms with van der Waals surface area (Å²) in [6.45, 7) is 4.19. The summed E-state index contributed by atoms with van der Waals surface area (Å²) in [5.41, 5.74) is 2.01. The molecule has 0 atom stereocenters. The first-order valence-corrected chi connectivity index (χ1v) is 10.7. The number of hydrogen-bond acceptors (Lipinski definition) is 4. The smallest absolute Gasteiger partial charge is 0.339 e. The highest BCUT2D eigenvalue weighted by Crippen LogP contribution is 2.23. The fourth-order valence-corrected chi connectivity index (χ4v) is 4.04. The van der Waals surface area contributed by atoms with Crippen molar-refractivity contribution in [3.63, 3.8) is 0 Å². The van der Waals surface area contributed by atoms with Crippen molar-refractivity contribution in [3.05, 3.63) is 70.8 Å². The highest BCUT2D eigenvalue weighted by Gasteiger charge is 2.26. The van der Waals surface area contributed by atoms with Gasteiger partial charge in [-0.05, 0) is 32.8 Å². The molecular weight excluding hydrogens is 378 g/mol. The Kier molecular flexibility index (Phi) is 7.39. The second-order valence-electron chi connectivity index (χ2n) is 7.79. The Morgan fingerprint density at radius 3 is 2.20 bits per heavy atom. The van der Waals surface area contributed by atoms with Gasteiger partial charge in [0.2, 0.25) is 0 Å². The van der Waals surface area contributed by atoms with Crippen LogP contribution in [0.25, 0.3) is 0 Å². The number of likely N-dealkylation sites (N-methyl/N-ethyl adjacent to an activating group) is 1. The van der Waals surface area contributed by atoms with Crippen molar-refractivity contribution in [2.24, 2.45) is 0 Å². The molecule has 1 aliphatic rings. The third-order valence-electron chi connectivity index (χ3n) is 5.71. The lowest BCUT2D eigenvalue weighted by molar-refractivity contribution is -0.137. The highest BCUT2D eigenvalue weighted by atomic mass is 16.5. The van der Waals surface area contributed by atoms with Gasteiger partial charge in [0.05, 0.1) is 5.56 Å². The monoisotopic (exact) mass is 407 g/mol. The second kappa shape index (κ2) is 10.2. The summed E-state index contributed by atoms with van der Waals surface area (Å²) in [7, 11) is 0. The number of aryl methyl sites for hydroxylation is 1. The van der Waals surface area contributed by atoms with E-state index in [2.05, 4.69) is 0 Å². The standard InChI is InChI=1S/C25H29NO4/c1-3-26(20-9-5-4-6-10-20)23(27)17-30-25(29)22-12-8-7-11-21(22)24(28)19-15-13-18(2)14-16-19/h7-8,11-16,20H,3-6,9-10,17H2,1-2H3. The van der Waals surface area contributed by atoms with Crippen LogP contribution in [0.1, 0.15) is 70.9 Å². The number of esters is 1. The van der Waals surface area contributed by atoms with Crippen molar-refractivity contribution in [1.82, 2.24) is 4.90 Å². The lowest BCUT2D eigenvalue weighted by Gasteiger charge is -2.33. The minimum Gasteiger partial charge on any atom is -0.452 e. The van der Waals surface area contributed by atoms with Crippen molar-refractivity contribution in [2.75, 3.05) is 13.2 Å². The lowest BCUT2D eigenvalue weighted by Crippen LogP contribution is -2.43. The van der Waals surface area contributed by atoms with E-state index in [0.29, 0.717) is 12.1 Å². The summed E-state index contributed by atoms with van der Waals surface area (Å²) >= 11 is 0. The molecule has 1 fully saturated rings. The maximum atomic E-state index is 12.9. The summed E-state index contributed by atoms with van der Waals surface area (Å²) in [4.78, 5) is 40.1. The fraction of sp³-hybridized carbons (Fsp3) is 0.400. The van der Waals surface area contributed by atoms with Gasteiger partial charge in [0.1, 0.15) is 0 Å². The van der Waals surface area contributed by atoms with Crippen molar-refractivity contribution in [3.8, 4) is 0 Å². The van der Waals surface area contributed by atoms with Crippen molar-refractivity contribution < 1.29 is 19.1 Å². The maximum absolute atomic E-state index is 12.9. The van der Waals surface area contributed by atoms with E-state index >= 15 is 0 Å². The molecule has 0 aromatic heterocycles. The quantitative estimate of drug-likeness (QED) is 0.498. The van der Waals surface area contributed by atoms with Crippen molar-refractivity contribution in [1.29, 1.82) is 0 Å². The molecule has 2 aromatic carbocycles. The minimum atomic E-state index is -0.654. The van der Waals surface area contributed by atoms with Gasteiger partial charge in [0.25, 0.3) is 5.91 Å². The van der Waals surface area contributed by atoms with Gasteiger partial charge < -0.3 is 9.64 Å². The van der Waals surface area contributed by atoms with Gasteiger partial charge in [0.15, 0.2) is 12.4 Å². The number of carbonyl (C=O) groups excluding carboxylic acids is 3. The van der Waals surface area contributed by atoms with E-state index in [9.17, 15) is 14.4 Å². The Labute approximate surface area is 178 Å². The van der Waals surface area contributed by atoms with Gasteiger partial charge in [-0.25, -0.2) is 4.79 Å². The van der Waals surface area contributed by atoms with Gasteiger partial charge in [0, 0.05) is 23.7 Å². The Morgan fingerprint density at radius 1 is 0.933 bits per heavy atom. The zero-order valence-corrected chi connectivity index (χ0v) is 17.7. The Morgan fingerprint density at radius 2 is 1.57 bits per heavy atom. The number of rotatable bonds is 7. The molecule has 1 saturated carbocycles. The van der Waals surface area contributed by atoms with E-state index < -0.39 is 5.97 Å². The first-order valence-electron chi connectivity index (χ1n) is 10.7. The molecule has 1 aliphatic carbocycles. The largest absolute Gasteiger partial charge is 0.452 e. The third-order valence-corrected chi connectivity index (χ3v) is 5.71. The van der Waals surface area contributed by atoms with Crippen LogP contribution < -0.4 is 0 Å². The number of ether oxygens (including phenoxy) is 1. The summed E-state index contributed by atoms with van der Waals surface area (Å²) in [6.07, 6.45) is 5.47. The summed E-state index contributed by atoms with van der Waals surface area (Å²) in [6, 6.07) is 14.0. The molecule has 0 aliphatic heterocycles. The normalized spacial score (nSPS) is 14.2. The first-order chi connectivity index (χ1) is 14.5. The van der Waals surface area contributed by atoms with E-state index in [1.807, 2.05) is 30.9 Å². The third kappa shape index (κ3) is 5.15. The van der Waals surface area contributed by atoms with Gasteiger partial charge >= 0.3 is 5.97 Å². The average Bonchev–Trinajstić information content (AvgIpc) is 2.78. The maximum Gasteiger partial charge on any atom is 0.339 e. The van der Waals surface area contributed by atoms with Crippen LogP contribution in [0.4, 0.5) is 0 Å². The van der Waals surface area contributed by atoms with Crippen LogP contribution in [-0.4, -0.2) is 41.8 Å². The van der Waals surface area contributed by atoms with Crippen LogP contribution in [0.3, 0.4) is 0 Å². The van der Waals surface area contributed by atoms with E-state index in [4.69, 9.17) is 4.74 Å². The van der Waals surface area contributed by atoms with Crippen LogP contribution in [0, 0.1) is 6.92 Å². The van der Waals surface area contributed by atoms with E-state index in [1.165, 1.54) is 6.42 Å². The van der Waals surface area contributed by atoms with Crippen molar-refractivity contribution >= 4 is 17.7 Å². The van der Waals surface area contributed by atoms with Gasteiger partial charge in [-0.3, -0.25) is 9.59 Å². The van der Waals surface area contributed by atoms with E-state index in [-0.39, 0.29) is 35.5 Å². The van der Waals surface area contributed by atoms with Crippen LogP contribution in [0.5, 0.6) is 0 Å². The number of amides is 1. The zero-order valence-electron chi connectivity index (χ0n) is 17.7. The van der Waals surface area contributed by atoms with E-state index in [0.717, 1.165) is 31.2 Å². The molecule has 0 saturated heterocycles. The highest BCUT2D eigenvalue weighted by molar-refractivity contribution is 6.14. The summed E-state index contributed by atoms with van der Waals surface area (Å²) < 4.78 is 5.33. The number of hydrogen-bond donors (Lipinski definition) is 0. The lowest BCUT2D eigenvalue weighted by atomic mass is 9.94. The summed E-state index contributed by atoms with van der Waals surface area (Å²) in [5, 5.41) is 0. The zero-order chi connectivity index (χ0) is 21.5. The minimum absolute atomic E-state index is 0.177. The molecule has 158 valence electrons. The molecule has 0 unspecified atom stereocenters. The molecule has 5 heteroatoms. The Hall–Kier alpha value is -2.95. The number of nitrogens with zero attached hydrogens (tertiary/aromatic N) is 1. The summed E-state index contributed by atoms with van der Waals surface area (Å²) in [5.74, 6) is -1.08. The van der Waals surface area contributed by atoms with Crippen LogP contribution in [0.2, 0.25) is 0 Å². The Bertz CT molecular complexity index is 898. The second-order valence-corrected chi connectivity index (χ2v) is 7.79. The molecule has 3 rings (SSSR count). The molecule has 1 amide bonds. The first kappa shape index (κ1) is 21.8. The van der Waals surface area contributed by atoms with E-state index in [1.54, 1.807) is 36.4 Å². The SMILES string of the molecule is CCN(C(=O)COC(=O)c1ccccc1C(=O)c1ccc(C)cc1)C1CCCCC1. The molecule has 30 heavy (non-hydrogen) atoms. The van der Waals surface area contributed by atoms with Crippen molar-refractivity contribution in [2.45, 2.75) is 52.0 Å². The molecule has 5 nitrogen and oxygen atoms in total.